The lowest BCUT2D eigenvalue weighted by atomic mass is 10.0. The van der Waals surface area contributed by atoms with Crippen molar-refractivity contribution in [2.24, 2.45) is 0 Å². The number of rotatable bonds is 6. The van der Waals surface area contributed by atoms with Gasteiger partial charge in [-0.05, 0) is 60.9 Å². The molecule has 0 bridgehead atoms. The van der Waals surface area contributed by atoms with Gasteiger partial charge in [0.25, 0.3) is 0 Å². The van der Waals surface area contributed by atoms with Gasteiger partial charge in [0.2, 0.25) is 0 Å². The molecule has 4 aromatic rings. The maximum absolute atomic E-state index is 11.4. The minimum atomic E-state index is -0.466. The molecule has 3 aromatic carbocycles. The molecule has 0 saturated heterocycles. The number of anilines is 2. The van der Waals surface area contributed by atoms with Crippen molar-refractivity contribution in [1.82, 2.24) is 10.3 Å². The Balaban J connectivity index is 1.87. The van der Waals surface area contributed by atoms with Gasteiger partial charge >= 0.3 is 6.09 Å². The lowest BCUT2D eigenvalue weighted by molar-refractivity contribution is 0.142. The third-order valence-electron chi connectivity index (χ3n) is 5.66. The molecule has 1 heterocycles. The molecule has 1 amide bonds. The molecule has 7 heteroatoms. The molecule has 1 aromatic heterocycles. The number of methoxy groups -OCH3 is 2. The van der Waals surface area contributed by atoms with Crippen molar-refractivity contribution in [3.63, 3.8) is 0 Å². The number of hydrogen-bond acceptors (Lipinski definition) is 6. The van der Waals surface area contributed by atoms with Crippen LogP contribution in [0.1, 0.15) is 16.7 Å². The Morgan fingerprint density at radius 2 is 1.58 bits per heavy atom. The lowest BCUT2D eigenvalue weighted by Crippen LogP contribution is -2.18. The van der Waals surface area contributed by atoms with Gasteiger partial charge in [0.05, 0.1) is 30.9 Å². The van der Waals surface area contributed by atoms with Crippen LogP contribution in [0.3, 0.4) is 0 Å². The maximum Gasteiger partial charge on any atom is 0.407 e. The first-order valence-corrected chi connectivity index (χ1v) is 10.6. The number of aryl methyl sites for hydroxylation is 2. The summed E-state index contributed by atoms with van der Waals surface area (Å²) >= 11 is 0. The number of alkyl carbamates (subject to hydrolysis) is 1. The summed E-state index contributed by atoms with van der Waals surface area (Å²) < 4.78 is 16.2. The molecule has 0 unspecified atom stereocenters. The molecule has 0 spiro atoms. The zero-order chi connectivity index (χ0) is 23.5. The highest BCUT2D eigenvalue weighted by Gasteiger charge is 2.15. The number of ether oxygens (including phenoxy) is 3. The van der Waals surface area contributed by atoms with Gasteiger partial charge in [0.1, 0.15) is 6.61 Å². The number of aromatic nitrogens is 1. The highest BCUT2D eigenvalue weighted by Crippen LogP contribution is 2.39. The van der Waals surface area contributed by atoms with Gasteiger partial charge in [-0.2, -0.15) is 0 Å². The quantitative estimate of drug-likeness (QED) is 0.375. The first-order chi connectivity index (χ1) is 15.9. The fourth-order valence-electron chi connectivity index (χ4n) is 3.77. The highest BCUT2D eigenvalue weighted by atomic mass is 16.5. The van der Waals surface area contributed by atoms with Crippen molar-refractivity contribution >= 4 is 39.3 Å². The van der Waals surface area contributed by atoms with Gasteiger partial charge in [-0.1, -0.05) is 12.1 Å². The molecule has 0 saturated carbocycles. The number of fused-ring (bicyclic) bond motifs is 2. The van der Waals surface area contributed by atoms with E-state index in [1.54, 1.807) is 14.2 Å². The molecular formula is C26H27N3O4. The number of amides is 1. The number of hydrogen-bond donors (Lipinski definition) is 2. The van der Waals surface area contributed by atoms with E-state index in [9.17, 15) is 4.79 Å². The van der Waals surface area contributed by atoms with Gasteiger partial charge in [0, 0.05) is 29.6 Å². The molecule has 33 heavy (non-hydrogen) atoms. The minimum Gasteiger partial charge on any atom is -0.493 e. The van der Waals surface area contributed by atoms with Crippen LogP contribution in [0.2, 0.25) is 0 Å². The summed E-state index contributed by atoms with van der Waals surface area (Å²) in [6.45, 7) is 4.35. The summed E-state index contributed by atoms with van der Waals surface area (Å²) in [5.74, 6) is 1.26. The summed E-state index contributed by atoms with van der Waals surface area (Å²) in [5.41, 5.74) is 6.70. The van der Waals surface area contributed by atoms with Gasteiger partial charge in [-0.25, -0.2) is 9.78 Å². The SMILES string of the molecule is CNC(=O)OCc1cccc(Nc2c3cc(C)c(C)cc3nc3cc(OC)c(OC)cc23)c1. The standard InChI is InChI=1S/C26H27N3O4/c1-15-9-19-21(10-16(15)2)29-22-13-24(32-5)23(31-4)12-20(22)25(19)28-18-8-6-7-17(11-18)14-33-26(30)27-3/h6-13H,14H2,1-5H3,(H,27,30)(H,28,29). The molecule has 0 aliphatic heterocycles. The number of carbonyl (C=O) groups excluding carboxylic acids is 1. The molecule has 170 valence electrons. The number of pyridine rings is 1. The molecule has 7 nitrogen and oxygen atoms in total. The van der Waals surface area contributed by atoms with E-state index >= 15 is 0 Å². The van der Waals surface area contributed by atoms with Crippen LogP contribution in [0.4, 0.5) is 16.2 Å². The average Bonchev–Trinajstić information content (AvgIpc) is 2.83. The molecule has 0 fully saturated rings. The number of benzene rings is 3. The monoisotopic (exact) mass is 445 g/mol. The number of nitrogens with one attached hydrogen (secondary N) is 2. The van der Waals surface area contributed by atoms with Crippen molar-refractivity contribution in [3.8, 4) is 11.5 Å². The zero-order valence-electron chi connectivity index (χ0n) is 19.4. The molecular weight excluding hydrogens is 418 g/mol. The number of nitrogens with zero attached hydrogens (tertiary/aromatic N) is 1. The molecule has 2 N–H and O–H groups in total. The Hall–Kier alpha value is -4.00. The Morgan fingerprint density at radius 1 is 0.909 bits per heavy atom. The highest BCUT2D eigenvalue weighted by molar-refractivity contribution is 6.09. The van der Waals surface area contributed by atoms with Gasteiger partial charge in [-0.15, -0.1) is 0 Å². The summed E-state index contributed by atoms with van der Waals surface area (Å²) in [6.07, 6.45) is -0.466. The van der Waals surface area contributed by atoms with E-state index in [1.165, 1.54) is 18.2 Å². The van der Waals surface area contributed by atoms with Crippen molar-refractivity contribution in [2.45, 2.75) is 20.5 Å². The van der Waals surface area contributed by atoms with E-state index in [0.717, 1.165) is 38.7 Å². The third kappa shape index (κ3) is 4.48. The van der Waals surface area contributed by atoms with E-state index in [4.69, 9.17) is 19.2 Å². The zero-order valence-corrected chi connectivity index (χ0v) is 19.4. The Kier molecular flexibility index (Phi) is 6.22. The predicted octanol–water partition coefficient (Wildman–Crippen LogP) is 5.62. The van der Waals surface area contributed by atoms with Gasteiger partial charge in [0.15, 0.2) is 11.5 Å². The fraction of sp³-hybridized carbons (Fsp3) is 0.231. The van der Waals surface area contributed by atoms with Crippen molar-refractivity contribution in [1.29, 1.82) is 0 Å². The molecule has 0 aliphatic rings. The largest absolute Gasteiger partial charge is 0.493 e. The van der Waals surface area contributed by atoms with Crippen LogP contribution in [0.25, 0.3) is 21.8 Å². The maximum atomic E-state index is 11.4. The number of carbonyl (C=O) groups is 1. The van der Waals surface area contributed by atoms with E-state index < -0.39 is 6.09 Å². The molecule has 0 atom stereocenters. The van der Waals surface area contributed by atoms with Gasteiger partial charge in [-0.3, -0.25) is 0 Å². The third-order valence-corrected chi connectivity index (χ3v) is 5.66. The smallest absolute Gasteiger partial charge is 0.407 e. The topological polar surface area (TPSA) is 81.7 Å². The molecule has 0 aliphatic carbocycles. The normalized spacial score (nSPS) is 10.8. The van der Waals surface area contributed by atoms with E-state index in [0.29, 0.717) is 11.5 Å². The van der Waals surface area contributed by atoms with Crippen LogP contribution in [0, 0.1) is 13.8 Å². The van der Waals surface area contributed by atoms with Crippen molar-refractivity contribution < 1.29 is 19.0 Å². The van der Waals surface area contributed by atoms with Crippen molar-refractivity contribution in [3.05, 3.63) is 65.2 Å². The van der Waals surface area contributed by atoms with Crippen LogP contribution in [-0.2, 0) is 11.3 Å². The lowest BCUT2D eigenvalue weighted by Gasteiger charge is -2.17. The fourth-order valence-corrected chi connectivity index (χ4v) is 3.77. The molecule has 4 rings (SSSR count). The Labute approximate surface area is 192 Å². The van der Waals surface area contributed by atoms with Crippen LogP contribution < -0.4 is 20.1 Å². The summed E-state index contributed by atoms with van der Waals surface area (Å²) in [7, 11) is 4.77. The van der Waals surface area contributed by atoms with E-state index in [1.807, 2.05) is 36.4 Å². The predicted molar refractivity (Wildman–Crippen MR) is 131 cm³/mol. The summed E-state index contributed by atoms with van der Waals surface area (Å²) in [5, 5.41) is 7.95. The summed E-state index contributed by atoms with van der Waals surface area (Å²) in [6, 6.07) is 15.9. The van der Waals surface area contributed by atoms with Crippen LogP contribution in [0.15, 0.2) is 48.5 Å². The van der Waals surface area contributed by atoms with Crippen molar-refractivity contribution in [2.75, 3.05) is 26.6 Å². The summed E-state index contributed by atoms with van der Waals surface area (Å²) in [4.78, 5) is 16.3. The second kappa shape index (κ2) is 9.24. The van der Waals surface area contributed by atoms with Crippen LogP contribution in [0.5, 0.6) is 11.5 Å². The Bertz CT molecular complexity index is 1350. The second-order valence-electron chi connectivity index (χ2n) is 7.82. The Morgan fingerprint density at radius 3 is 2.30 bits per heavy atom. The first kappa shape index (κ1) is 22.2. The van der Waals surface area contributed by atoms with Crippen LogP contribution >= 0.6 is 0 Å². The minimum absolute atomic E-state index is 0.177. The van der Waals surface area contributed by atoms with Gasteiger partial charge < -0.3 is 24.8 Å². The molecule has 0 radical (unpaired) electrons. The first-order valence-electron chi connectivity index (χ1n) is 10.6. The average molecular weight is 446 g/mol. The van der Waals surface area contributed by atoms with Crippen LogP contribution in [-0.4, -0.2) is 32.3 Å². The second-order valence-corrected chi connectivity index (χ2v) is 7.82. The van der Waals surface area contributed by atoms with E-state index in [2.05, 4.69) is 36.6 Å². The van der Waals surface area contributed by atoms with E-state index in [-0.39, 0.29) is 6.61 Å².